The van der Waals surface area contributed by atoms with E-state index >= 15 is 0 Å². The Hall–Kier alpha value is -3.06. The quantitative estimate of drug-likeness (QED) is 0.274. The first-order valence-electron chi connectivity index (χ1n) is 7.78. The van der Waals surface area contributed by atoms with Crippen LogP contribution in [0.25, 0.3) is 43.1 Å². The molecule has 0 atom stereocenters. The lowest BCUT2D eigenvalue weighted by molar-refractivity contribution is 0.482. The summed E-state index contributed by atoms with van der Waals surface area (Å²) >= 11 is 0. The molecule has 0 aromatic heterocycles. The van der Waals surface area contributed by atoms with Crippen LogP contribution in [0.2, 0.25) is 0 Å². The summed E-state index contributed by atoms with van der Waals surface area (Å²) in [6, 6.07) is 27.0. The molecule has 0 aliphatic carbocycles. The molecular weight excluding hydrogens is 280 g/mol. The second-order valence-electron chi connectivity index (χ2n) is 5.99. The first-order valence-corrected chi connectivity index (χ1v) is 7.78. The fraction of sp³-hybridized carbons (Fsp3) is 0. The lowest BCUT2D eigenvalue weighted by Crippen LogP contribution is -1.84. The first-order chi connectivity index (χ1) is 11.3. The van der Waals surface area contributed by atoms with Gasteiger partial charge in [0.15, 0.2) is 0 Å². The molecule has 0 saturated heterocycles. The third-order valence-electron chi connectivity index (χ3n) is 4.71. The van der Waals surface area contributed by atoms with Crippen LogP contribution in [0, 0.1) is 0 Å². The smallest absolute Gasteiger partial charge is 0.124 e. The van der Waals surface area contributed by atoms with Gasteiger partial charge in [0.25, 0.3) is 0 Å². The van der Waals surface area contributed by atoms with Gasteiger partial charge in [-0.2, -0.15) is 0 Å². The molecule has 0 unspecified atom stereocenters. The van der Waals surface area contributed by atoms with Crippen LogP contribution >= 0.6 is 0 Å². The molecule has 0 saturated carbocycles. The number of hydrogen-bond acceptors (Lipinski definition) is 1. The normalized spacial score (nSPS) is 11.7. The average Bonchev–Trinajstić information content (AvgIpc) is 2.60. The fourth-order valence-corrected chi connectivity index (χ4v) is 3.67. The second kappa shape index (κ2) is 4.47. The molecule has 5 aromatic rings. The third kappa shape index (κ3) is 1.68. The van der Waals surface area contributed by atoms with Crippen LogP contribution in [0.1, 0.15) is 0 Å². The Morgan fingerprint density at radius 2 is 1.04 bits per heavy atom. The number of hydrogen-bond donors (Lipinski definition) is 1. The lowest BCUT2D eigenvalue weighted by Gasteiger charge is -2.12. The number of aromatic hydroxyl groups is 1. The molecule has 0 radical (unpaired) electrons. The number of rotatable bonds is 0. The molecule has 5 rings (SSSR count). The molecule has 0 fully saturated rings. The van der Waals surface area contributed by atoms with Crippen molar-refractivity contribution in [3.05, 3.63) is 78.9 Å². The van der Waals surface area contributed by atoms with E-state index in [0.717, 1.165) is 16.2 Å². The maximum Gasteiger partial charge on any atom is 0.124 e. The minimum absolute atomic E-state index is 0.341. The van der Waals surface area contributed by atoms with E-state index in [0.29, 0.717) is 5.75 Å². The van der Waals surface area contributed by atoms with Gasteiger partial charge >= 0.3 is 0 Å². The molecule has 0 aliphatic rings. The van der Waals surface area contributed by atoms with Crippen molar-refractivity contribution in [2.75, 3.05) is 0 Å². The maximum atomic E-state index is 10.5. The summed E-state index contributed by atoms with van der Waals surface area (Å²) in [6.07, 6.45) is 0. The molecule has 5 aromatic carbocycles. The molecule has 0 aliphatic heterocycles. The molecule has 0 heterocycles. The highest BCUT2D eigenvalue weighted by atomic mass is 16.3. The zero-order valence-electron chi connectivity index (χ0n) is 12.5. The van der Waals surface area contributed by atoms with E-state index in [2.05, 4.69) is 66.7 Å². The van der Waals surface area contributed by atoms with Gasteiger partial charge in [-0.05, 0) is 55.9 Å². The van der Waals surface area contributed by atoms with E-state index in [1.807, 2.05) is 6.07 Å². The Kier molecular flexibility index (Phi) is 2.42. The predicted molar refractivity (Wildman–Crippen MR) is 98.1 cm³/mol. The van der Waals surface area contributed by atoms with Gasteiger partial charge in [0.1, 0.15) is 5.75 Å². The Morgan fingerprint density at radius 1 is 0.478 bits per heavy atom. The largest absolute Gasteiger partial charge is 0.507 e. The van der Waals surface area contributed by atoms with Gasteiger partial charge in [-0.3, -0.25) is 0 Å². The van der Waals surface area contributed by atoms with Gasteiger partial charge < -0.3 is 5.11 Å². The highest BCUT2D eigenvalue weighted by Gasteiger charge is 2.11. The minimum Gasteiger partial charge on any atom is -0.507 e. The van der Waals surface area contributed by atoms with Crippen molar-refractivity contribution in [2.24, 2.45) is 0 Å². The standard InChI is InChI=1S/C22H14O/c23-21-11-5-10-18-16-8-3-4-9-17(16)19-12-14-6-1-2-7-15(14)13-20(19)22(18)21/h1-13,23H. The summed E-state index contributed by atoms with van der Waals surface area (Å²) in [5.41, 5.74) is 0. The topological polar surface area (TPSA) is 20.2 Å². The Labute approximate surface area is 133 Å². The molecule has 1 nitrogen and oxygen atoms in total. The number of phenolic OH excluding ortho intramolecular Hbond substituents is 1. The van der Waals surface area contributed by atoms with Gasteiger partial charge in [-0.25, -0.2) is 0 Å². The second-order valence-corrected chi connectivity index (χ2v) is 5.99. The van der Waals surface area contributed by atoms with Crippen molar-refractivity contribution in [3.8, 4) is 5.75 Å². The monoisotopic (exact) mass is 294 g/mol. The highest BCUT2D eigenvalue weighted by Crippen LogP contribution is 2.40. The lowest BCUT2D eigenvalue weighted by atomic mass is 9.92. The van der Waals surface area contributed by atoms with Crippen LogP contribution in [-0.4, -0.2) is 5.11 Å². The summed E-state index contributed by atoms with van der Waals surface area (Å²) in [6.45, 7) is 0. The molecule has 0 amide bonds. The van der Waals surface area contributed by atoms with E-state index < -0.39 is 0 Å². The van der Waals surface area contributed by atoms with Crippen molar-refractivity contribution < 1.29 is 5.11 Å². The zero-order valence-corrected chi connectivity index (χ0v) is 12.5. The van der Waals surface area contributed by atoms with Crippen LogP contribution in [-0.2, 0) is 0 Å². The molecule has 1 N–H and O–H groups in total. The van der Waals surface area contributed by atoms with E-state index in [1.54, 1.807) is 6.07 Å². The van der Waals surface area contributed by atoms with Crippen molar-refractivity contribution in [3.63, 3.8) is 0 Å². The predicted octanol–water partition coefficient (Wildman–Crippen LogP) is 6.01. The summed E-state index contributed by atoms with van der Waals surface area (Å²) in [7, 11) is 0. The van der Waals surface area contributed by atoms with Crippen LogP contribution in [0.4, 0.5) is 0 Å². The summed E-state index contributed by atoms with van der Waals surface area (Å²) < 4.78 is 0. The van der Waals surface area contributed by atoms with Crippen molar-refractivity contribution in [1.82, 2.24) is 0 Å². The molecular formula is C22H14O. The van der Waals surface area contributed by atoms with Crippen LogP contribution in [0.5, 0.6) is 5.75 Å². The molecule has 23 heavy (non-hydrogen) atoms. The van der Waals surface area contributed by atoms with Crippen LogP contribution in [0.3, 0.4) is 0 Å². The summed E-state index contributed by atoms with van der Waals surface area (Å²) in [5, 5.41) is 19.7. The molecule has 0 bridgehead atoms. The van der Waals surface area contributed by atoms with Gasteiger partial charge in [0, 0.05) is 5.39 Å². The minimum atomic E-state index is 0.341. The van der Waals surface area contributed by atoms with Crippen LogP contribution < -0.4 is 0 Å². The van der Waals surface area contributed by atoms with Crippen LogP contribution in [0.15, 0.2) is 78.9 Å². The third-order valence-corrected chi connectivity index (χ3v) is 4.71. The number of benzene rings is 5. The Morgan fingerprint density at radius 3 is 1.78 bits per heavy atom. The van der Waals surface area contributed by atoms with Crippen molar-refractivity contribution in [1.29, 1.82) is 0 Å². The number of fused-ring (bicyclic) bond motifs is 7. The Balaban J connectivity index is 2.19. The molecule has 0 spiro atoms. The Bertz CT molecular complexity index is 1220. The first kappa shape index (κ1) is 12.5. The number of phenols is 1. The van der Waals surface area contributed by atoms with E-state index in [1.165, 1.54) is 26.9 Å². The molecule has 108 valence electrons. The fourth-order valence-electron chi connectivity index (χ4n) is 3.67. The van der Waals surface area contributed by atoms with E-state index in [4.69, 9.17) is 0 Å². The van der Waals surface area contributed by atoms with Crippen molar-refractivity contribution >= 4 is 43.1 Å². The van der Waals surface area contributed by atoms with Gasteiger partial charge in [-0.15, -0.1) is 0 Å². The summed E-state index contributed by atoms with van der Waals surface area (Å²) in [5.74, 6) is 0.341. The van der Waals surface area contributed by atoms with E-state index in [9.17, 15) is 5.11 Å². The SMILES string of the molecule is Oc1cccc2c3ccccc3c3cc4ccccc4cc3c12. The zero-order chi connectivity index (χ0) is 15.4. The maximum absolute atomic E-state index is 10.5. The highest BCUT2D eigenvalue weighted by molar-refractivity contribution is 6.28. The van der Waals surface area contributed by atoms with Gasteiger partial charge in [0.05, 0.1) is 0 Å². The molecule has 1 heteroatoms. The van der Waals surface area contributed by atoms with Crippen molar-refractivity contribution in [2.45, 2.75) is 0 Å². The average molecular weight is 294 g/mol. The van der Waals surface area contributed by atoms with Gasteiger partial charge in [-0.1, -0.05) is 60.7 Å². The van der Waals surface area contributed by atoms with Gasteiger partial charge in [0.2, 0.25) is 0 Å². The van der Waals surface area contributed by atoms with E-state index in [-0.39, 0.29) is 0 Å². The summed E-state index contributed by atoms with van der Waals surface area (Å²) in [4.78, 5) is 0.